The third kappa shape index (κ3) is 2.86. The van der Waals surface area contributed by atoms with Crippen LogP contribution in [0.4, 0.5) is 0 Å². The van der Waals surface area contributed by atoms with Crippen molar-refractivity contribution in [2.75, 3.05) is 0 Å². The molecule has 0 aliphatic carbocycles. The van der Waals surface area contributed by atoms with Crippen molar-refractivity contribution in [3.8, 4) is 22.4 Å². The molecule has 4 rings (SSSR count). The second-order valence-corrected chi connectivity index (χ2v) is 6.55. The maximum atomic E-state index is 11.3. The first-order valence-electron chi connectivity index (χ1n) is 8.48. The van der Waals surface area contributed by atoms with Gasteiger partial charge >= 0.3 is 0 Å². The van der Waals surface area contributed by atoms with Gasteiger partial charge in [0.05, 0.1) is 11.3 Å². The van der Waals surface area contributed by atoms with Crippen molar-refractivity contribution in [1.29, 1.82) is 0 Å². The van der Waals surface area contributed by atoms with E-state index in [2.05, 4.69) is 61.3 Å². The van der Waals surface area contributed by atoms with Crippen molar-refractivity contribution in [3.63, 3.8) is 0 Å². The number of nitrogens with zero attached hydrogens (tertiary/aromatic N) is 2. The number of aryl methyl sites for hydroxylation is 2. The van der Waals surface area contributed by atoms with E-state index in [1.807, 2.05) is 10.6 Å². The van der Waals surface area contributed by atoms with Crippen LogP contribution in [0.2, 0.25) is 0 Å². The summed E-state index contributed by atoms with van der Waals surface area (Å²) in [4.78, 5) is 15.9. The topological polar surface area (TPSA) is 60.4 Å². The summed E-state index contributed by atoms with van der Waals surface area (Å²) in [6.45, 7) is 4.25. The number of rotatable bonds is 3. The van der Waals surface area contributed by atoms with Crippen LogP contribution in [-0.2, 0) is 0 Å². The Morgan fingerprint density at radius 2 is 1.54 bits per heavy atom. The van der Waals surface area contributed by atoms with Gasteiger partial charge in [0.2, 0.25) is 5.91 Å². The number of amides is 1. The molecule has 4 aromatic rings. The lowest BCUT2D eigenvalue weighted by atomic mass is 9.99. The Bertz CT molecular complexity index is 1120. The lowest BCUT2D eigenvalue weighted by molar-refractivity contribution is 0.1000. The highest BCUT2D eigenvalue weighted by atomic mass is 16.1. The first-order valence-corrected chi connectivity index (χ1v) is 8.48. The summed E-state index contributed by atoms with van der Waals surface area (Å²) in [5, 5.41) is 0. The molecule has 0 fully saturated rings. The van der Waals surface area contributed by atoms with Crippen LogP contribution >= 0.6 is 0 Å². The van der Waals surface area contributed by atoms with Crippen LogP contribution in [0.3, 0.4) is 0 Å². The number of hydrogen-bond acceptors (Lipinski definition) is 2. The third-order valence-electron chi connectivity index (χ3n) is 4.76. The number of pyridine rings is 1. The number of imidazole rings is 1. The van der Waals surface area contributed by atoms with Gasteiger partial charge in [-0.2, -0.15) is 0 Å². The normalized spacial score (nSPS) is 11.0. The lowest BCUT2D eigenvalue weighted by Gasteiger charge is -2.06. The molecule has 2 aromatic carbocycles. The fraction of sp³-hybridized carbons (Fsp3) is 0.0909. The molecule has 0 saturated heterocycles. The minimum Gasteiger partial charge on any atom is -0.366 e. The minimum absolute atomic E-state index is 0.445. The molecule has 0 radical (unpaired) electrons. The number of hydrogen-bond donors (Lipinski definition) is 1. The van der Waals surface area contributed by atoms with E-state index in [0.717, 1.165) is 16.9 Å². The number of primary amides is 1. The van der Waals surface area contributed by atoms with Gasteiger partial charge in [-0.15, -0.1) is 0 Å². The Kier molecular flexibility index (Phi) is 3.81. The monoisotopic (exact) mass is 341 g/mol. The molecule has 0 aliphatic heterocycles. The van der Waals surface area contributed by atoms with Gasteiger partial charge in [-0.25, -0.2) is 4.98 Å². The highest BCUT2D eigenvalue weighted by molar-refractivity contribution is 5.92. The van der Waals surface area contributed by atoms with Gasteiger partial charge in [0.25, 0.3) is 0 Å². The molecule has 2 heterocycles. The van der Waals surface area contributed by atoms with Crippen LogP contribution in [0.15, 0.2) is 67.0 Å². The Hall–Kier alpha value is -3.40. The van der Waals surface area contributed by atoms with Gasteiger partial charge in [0, 0.05) is 18.0 Å². The maximum absolute atomic E-state index is 11.3. The molecule has 0 saturated carbocycles. The van der Waals surface area contributed by atoms with Crippen molar-refractivity contribution in [1.82, 2.24) is 9.38 Å². The Morgan fingerprint density at radius 3 is 2.23 bits per heavy atom. The van der Waals surface area contributed by atoms with Crippen LogP contribution in [0.25, 0.3) is 28.0 Å². The molecule has 128 valence electrons. The number of benzene rings is 2. The summed E-state index contributed by atoms with van der Waals surface area (Å²) in [5.74, 6) is -0.445. The summed E-state index contributed by atoms with van der Waals surface area (Å²) in [5.41, 5.74) is 13.4. The highest BCUT2D eigenvalue weighted by Crippen LogP contribution is 2.26. The molecule has 0 atom stereocenters. The number of carbonyl (C=O) groups is 1. The van der Waals surface area contributed by atoms with Crippen molar-refractivity contribution in [2.24, 2.45) is 5.73 Å². The van der Waals surface area contributed by atoms with Crippen molar-refractivity contribution < 1.29 is 4.79 Å². The molecule has 2 N–H and O–H groups in total. The molecule has 2 aromatic heterocycles. The van der Waals surface area contributed by atoms with Crippen molar-refractivity contribution >= 4 is 11.6 Å². The zero-order valence-corrected chi connectivity index (χ0v) is 14.7. The molecule has 4 nitrogen and oxygen atoms in total. The minimum atomic E-state index is -0.445. The molecule has 0 spiro atoms. The van der Waals surface area contributed by atoms with E-state index in [0.29, 0.717) is 5.56 Å². The van der Waals surface area contributed by atoms with E-state index in [1.165, 1.54) is 22.3 Å². The predicted molar refractivity (Wildman–Crippen MR) is 104 cm³/mol. The van der Waals surface area contributed by atoms with Crippen LogP contribution in [0.1, 0.15) is 21.5 Å². The smallest absolute Gasteiger partial charge is 0.250 e. The fourth-order valence-corrected chi connectivity index (χ4v) is 3.03. The van der Waals surface area contributed by atoms with E-state index in [1.54, 1.807) is 18.3 Å². The summed E-state index contributed by atoms with van der Waals surface area (Å²) >= 11 is 0. The lowest BCUT2D eigenvalue weighted by Crippen LogP contribution is -2.11. The van der Waals surface area contributed by atoms with E-state index in [4.69, 9.17) is 5.73 Å². The number of fused-ring (bicyclic) bond motifs is 1. The van der Waals surface area contributed by atoms with Crippen LogP contribution < -0.4 is 5.73 Å². The highest BCUT2D eigenvalue weighted by Gasteiger charge is 2.08. The quantitative estimate of drug-likeness (QED) is 0.601. The average Bonchev–Trinajstić information content (AvgIpc) is 3.07. The fourth-order valence-electron chi connectivity index (χ4n) is 3.03. The van der Waals surface area contributed by atoms with Gasteiger partial charge in [-0.05, 0) is 48.2 Å². The predicted octanol–water partition coefficient (Wildman–Crippen LogP) is 4.38. The molecule has 1 amide bonds. The summed E-state index contributed by atoms with van der Waals surface area (Å²) in [6.07, 6.45) is 3.62. The van der Waals surface area contributed by atoms with Crippen molar-refractivity contribution in [2.45, 2.75) is 13.8 Å². The number of carbonyl (C=O) groups excluding carboxylic acids is 1. The summed E-state index contributed by atoms with van der Waals surface area (Å²) in [7, 11) is 0. The second-order valence-electron chi connectivity index (χ2n) is 6.55. The van der Waals surface area contributed by atoms with E-state index < -0.39 is 5.91 Å². The first-order chi connectivity index (χ1) is 12.5. The standard InChI is InChI=1S/C22H19N3O/c1-14-3-4-18(11-15(14)2)16-5-7-17(8-6-16)20-13-25-12-19(22(23)26)9-10-21(25)24-20/h3-13H,1-2H3,(H2,23,26). The average molecular weight is 341 g/mol. The van der Waals surface area contributed by atoms with Crippen molar-refractivity contribution in [3.05, 3.63) is 83.7 Å². The second kappa shape index (κ2) is 6.15. The Labute approximate surface area is 151 Å². The summed E-state index contributed by atoms with van der Waals surface area (Å²) in [6, 6.07) is 18.4. The van der Waals surface area contributed by atoms with Gasteiger partial charge in [0.15, 0.2) is 0 Å². The first kappa shape index (κ1) is 16.1. The molecule has 26 heavy (non-hydrogen) atoms. The van der Waals surface area contributed by atoms with E-state index in [-0.39, 0.29) is 0 Å². The van der Waals surface area contributed by atoms with Gasteiger partial charge in [0.1, 0.15) is 5.65 Å². The zero-order valence-electron chi connectivity index (χ0n) is 14.7. The maximum Gasteiger partial charge on any atom is 0.250 e. The summed E-state index contributed by atoms with van der Waals surface area (Å²) < 4.78 is 1.83. The van der Waals surface area contributed by atoms with Crippen LogP contribution in [-0.4, -0.2) is 15.3 Å². The molecule has 0 bridgehead atoms. The van der Waals surface area contributed by atoms with Gasteiger partial charge in [-0.3, -0.25) is 4.79 Å². The van der Waals surface area contributed by atoms with Crippen LogP contribution in [0.5, 0.6) is 0 Å². The number of aromatic nitrogens is 2. The van der Waals surface area contributed by atoms with Gasteiger partial charge < -0.3 is 10.1 Å². The molecular weight excluding hydrogens is 322 g/mol. The third-order valence-corrected chi connectivity index (χ3v) is 4.76. The molecule has 4 heteroatoms. The Balaban J connectivity index is 1.69. The van der Waals surface area contributed by atoms with E-state index in [9.17, 15) is 4.79 Å². The van der Waals surface area contributed by atoms with Gasteiger partial charge in [-0.1, -0.05) is 42.5 Å². The zero-order chi connectivity index (χ0) is 18.3. The molecule has 0 aliphatic rings. The van der Waals surface area contributed by atoms with Crippen LogP contribution in [0, 0.1) is 13.8 Å². The largest absolute Gasteiger partial charge is 0.366 e. The Morgan fingerprint density at radius 1 is 0.846 bits per heavy atom. The molecule has 0 unspecified atom stereocenters. The molecular formula is C22H19N3O. The van der Waals surface area contributed by atoms with E-state index >= 15 is 0 Å². The number of nitrogens with two attached hydrogens (primary N) is 1. The SMILES string of the molecule is Cc1ccc(-c2ccc(-c3cn4cc(C(N)=O)ccc4n3)cc2)cc1C.